The summed E-state index contributed by atoms with van der Waals surface area (Å²) in [6, 6.07) is 6.49. The first kappa shape index (κ1) is 14.0. The molecule has 104 valence electrons. The largest absolute Gasteiger partial charge is 0.388 e. The van der Waals surface area contributed by atoms with Crippen LogP contribution in [0.15, 0.2) is 29.2 Å². The first-order valence-electron chi connectivity index (χ1n) is 6.19. The molecule has 0 aromatic heterocycles. The standard InChI is InChI=1S/C13H18N2O3S/c1-19(18)11-5-3-10(4-6-11)15-12(16)14-9-13(17)7-2-8-13/h3-6,17H,2,7-9H2,1H3,(H2,14,15,16). The Morgan fingerprint density at radius 2 is 2.00 bits per heavy atom. The van der Waals surface area contributed by atoms with Crippen LogP contribution in [0.3, 0.4) is 0 Å². The molecular weight excluding hydrogens is 264 g/mol. The first-order chi connectivity index (χ1) is 8.98. The Morgan fingerprint density at radius 3 is 2.47 bits per heavy atom. The van der Waals surface area contributed by atoms with Crippen LogP contribution in [-0.2, 0) is 10.8 Å². The first-order valence-corrected chi connectivity index (χ1v) is 7.75. The van der Waals surface area contributed by atoms with Gasteiger partial charge in [-0.3, -0.25) is 4.21 Å². The van der Waals surface area contributed by atoms with Crippen LogP contribution in [-0.4, -0.2) is 33.7 Å². The molecule has 0 spiro atoms. The molecule has 2 amide bonds. The third kappa shape index (κ3) is 3.78. The van der Waals surface area contributed by atoms with Gasteiger partial charge in [-0.2, -0.15) is 0 Å². The van der Waals surface area contributed by atoms with Crippen LogP contribution in [0.25, 0.3) is 0 Å². The Kier molecular flexibility index (Phi) is 4.21. The molecule has 1 atom stereocenters. The monoisotopic (exact) mass is 282 g/mol. The molecule has 1 aliphatic rings. The minimum atomic E-state index is -1.02. The van der Waals surface area contributed by atoms with E-state index in [1.54, 1.807) is 30.5 Å². The van der Waals surface area contributed by atoms with Gasteiger partial charge in [-0.05, 0) is 43.5 Å². The van der Waals surface area contributed by atoms with Crippen LogP contribution in [0, 0.1) is 0 Å². The van der Waals surface area contributed by atoms with Gasteiger partial charge in [0.2, 0.25) is 0 Å². The summed E-state index contributed by atoms with van der Waals surface area (Å²) < 4.78 is 11.2. The van der Waals surface area contributed by atoms with E-state index in [4.69, 9.17) is 0 Å². The highest BCUT2D eigenvalue weighted by molar-refractivity contribution is 7.84. The van der Waals surface area contributed by atoms with E-state index in [0.29, 0.717) is 5.69 Å². The topological polar surface area (TPSA) is 78.4 Å². The Hall–Kier alpha value is -1.40. The molecule has 1 aromatic rings. The number of aliphatic hydroxyl groups is 1. The lowest BCUT2D eigenvalue weighted by Crippen LogP contribution is -2.48. The zero-order chi connectivity index (χ0) is 13.9. The number of nitrogens with one attached hydrogen (secondary N) is 2. The second-order valence-electron chi connectivity index (χ2n) is 4.86. The summed E-state index contributed by atoms with van der Waals surface area (Å²) in [7, 11) is -1.02. The number of hydrogen-bond donors (Lipinski definition) is 3. The van der Waals surface area contributed by atoms with Crippen molar-refractivity contribution in [3.05, 3.63) is 24.3 Å². The molecular formula is C13H18N2O3S. The molecule has 1 unspecified atom stereocenters. The fraction of sp³-hybridized carbons (Fsp3) is 0.462. The number of urea groups is 1. The van der Waals surface area contributed by atoms with Crippen molar-refractivity contribution >= 4 is 22.5 Å². The van der Waals surface area contributed by atoms with Crippen molar-refractivity contribution in [3.8, 4) is 0 Å². The van der Waals surface area contributed by atoms with Crippen LogP contribution in [0.4, 0.5) is 10.5 Å². The Morgan fingerprint density at radius 1 is 1.37 bits per heavy atom. The third-order valence-electron chi connectivity index (χ3n) is 3.31. The lowest BCUT2D eigenvalue weighted by molar-refractivity contribution is -0.0287. The average Bonchev–Trinajstić information content (AvgIpc) is 2.35. The normalized spacial score (nSPS) is 18.2. The van der Waals surface area contributed by atoms with E-state index in [2.05, 4.69) is 10.6 Å². The summed E-state index contributed by atoms with van der Waals surface area (Å²) in [6.45, 7) is 0.274. The van der Waals surface area contributed by atoms with Crippen molar-refractivity contribution in [1.82, 2.24) is 5.32 Å². The Bertz CT molecular complexity index is 483. The zero-order valence-corrected chi connectivity index (χ0v) is 11.6. The van der Waals surface area contributed by atoms with Gasteiger partial charge in [0, 0.05) is 34.2 Å². The molecule has 0 aliphatic heterocycles. The molecule has 0 saturated heterocycles. The number of benzene rings is 1. The van der Waals surface area contributed by atoms with E-state index in [-0.39, 0.29) is 12.6 Å². The molecule has 2 rings (SSSR count). The van der Waals surface area contributed by atoms with Gasteiger partial charge in [0.15, 0.2) is 0 Å². The van der Waals surface area contributed by atoms with Crippen LogP contribution in [0.2, 0.25) is 0 Å². The molecule has 0 radical (unpaired) electrons. The van der Waals surface area contributed by atoms with E-state index in [1.165, 1.54) is 0 Å². The second kappa shape index (κ2) is 5.71. The van der Waals surface area contributed by atoms with Crippen molar-refractivity contribution in [2.45, 2.75) is 29.8 Å². The highest BCUT2D eigenvalue weighted by atomic mass is 32.2. The van der Waals surface area contributed by atoms with Crippen LogP contribution in [0.5, 0.6) is 0 Å². The fourth-order valence-electron chi connectivity index (χ4n) is 1.91. The number of rotatable bonds is 4. The predicted molar refractivity (Wildman–Crippen MR) is 74.6 cm³/mol. The maximum absolute atomic E-state index is 11.6. The highest BCUT2D eigenvalue weighted by Gasteiger charge is 2.34. The van der Waals surface area contributed by atoms with Gasteiger partial charge in [0.1, 0.15) is 0 Å². The van der Waals surface area contributed by atoms with Crippen molar-refractivity contribution in [1.29, 1.82) is 0 Å². The lowest BCUT2D eigenvalue weighted by Gasteiger charge is -2.36. The molecule has 0 bridgehead atoms. The molecule has 1 saturated carbocycles. The van der Waals surface area contributed by atoms with E-state index >= 15 is 0 Å². The number of anilines is 1. The molecule has 1 aliphatic carbocycles. The number of carbonyl (C=O) groups excluding carboxylic acids is 1. The third-order valence-corrected chi connectivity index (χ3v) is 4.24. The minimum absolute atomic E-state index is 0.274. The summed E-state index contributed by atoms with van der Waals surface area (Å²) in [4.78, 5) is 12.3. The SMILES string of the molecule is CS(=O)c1ccc(NC(=O)NCC2(O)CCC2)cc1. The fourth-order valence-corrected chi connectivity index (χ4v) is 2.43. The highest BCUT2D eigenvalue weighted by Crippen LogP contribution is 2.30. The maximum Gasteiger partial charge on any atom is 0.319 e. The van der Waals surface area contributed by atoms with Crippen LogP contribution < -0.4 is 10.6 Å². The van der Waals surface area contributed by atoms with E-state index in [1.807, 2.05) is 0 Å². The molecule has 0 heterocycles. The molecule has 5 nitrogen and oxygen atoms in total. The van der Waals surface area contributed by atoms with E-state index in [9.17, 15) is 14.1 Å². The second-order valence-corrected chi connectivity index (χ2v) is 6.24. The number of amides is 2. The van der Waals surface area contributed by atoms with Gasteiger partial charge in [0.25, 0.3) is 0 Å². The Labute approximate surface area is 114 Å². The summed E-state index contributed by atoms with van der Waals surface area (Å²) in [5.41, 5.74) is -0.0902. The summed E-state index contributed by atoms with van der Waals surface area (Å²) >= 11 is 0. The Balaban J connectivity index is 1.83. The molecule has 6 heteroatoms. The van der Waals surface area contributed by atoms with Gasteiger partial charge >= 0.3 is 6.03 Å². The summed E-state index contributed by atoms with van der Waals surface area (Å²) in [5.74, 6) is 0. The van der Waals surface area contributed by atoms with Gasteiger partial charge in [-0.1, -0.05) is 0 Å². The zero-order valence-electron chi connectivity index (χ0n) is 10.8. The predicted octanol–water partition coefficient (Wildman–Crippen LogP) is 1.46. The average molecular weight is 282 g/mol. The van der Waals surface area contributed by atoms with Crippen molar-refractivity contribution in [3.63, 3.8) is 0 Å². The molecule has 1 aromatic carbocycles. The molecule has 19 heavy (non-hydrogen) atoms. The smallest absolute Gasteiger partial charge is 0.319 e. The number of carbonyl (C=O) groups is 1. The van der Waals surface area contributed by atoms with Gasteiger partial charge in [-0.25, -0.2) is 4.79 Å². The van der Waals surface area contributed by atoms with E-state index < -0.39 is 16.4 Å². The van der Waals surface area contributed by atoms with Gasteiger partial charge in [-0.15, -0.1) is 0 Å². The van der Waals surface area contributed by atoms with Gasteiger partial charge in [0.05, 0.1) is 5.60 Å². The lowest BCUT2D eigenvalue weighted by atomic mass is 9.80. The molecule has 3 N–H and O–H groups in total. The van der Waals surface area contributed by atoms with Crippen LogP contribution in [0.1, 0.15) is 19.3 Å². The van der Waals surface area contributed by atoms with Gasteiger partial charge < -0.3 is 15.7 Å². The maximum atomic E-state index is 11.6. The van der Waals surface area contributed by atoms with E-state index in [0.717, 1.165) is 24.2 Å². The quantitative estimate of drug-likeness (QED) is 0.782. The van der Waals surface area contributed by atoms with Crippen LogP contribution >= 0.6 is 0 Å². The minimum Gasteiger partial charge on any atom is -0.388 e. The van der Waals surface area contributed by atoms with Crippen molar-refractivity contribution in [2.24, 2.45) is 0 Å². The molecule has 1 fully saturated rings. The van der Waals surface area contributed by atoms with Crippen molar-refractivity contribution < 1.29 is 14.1 Å². The summed E-state index contributed by atoms with van der Waals surface area (Å²) in [6.07, 6.45) is 4.10. The number of hydrogen-bond acceptors (Lipinski definition) is 3. The van der Waals surface area contributed by atoms with Crippen molar-refractivity contribution in [2.75, 3.05) is 18.1 Å². The summed E-state index contributed by atoms with van der Waals surface area (Å²) in [5, 5.41) is 15.2.